The Kier molecular flexibility index (Phi) is 4.75. The maximum atomic E-state index is 10.3. The van der Waals surface area contributed by atoms with E-state index in [1.807, 2.05) is 6.92 Å². The van der Waals surface area contributed by atoms with Crippen LogP contribution < -0.4 is 15.6 Å². The highest BCUT2D eigenvalue weighted by Gasteiger charge is 2.39. The minimum atomic E-state index is -2.24. The Morgan fingerprint density at radius 3 is 1.22 bits per heavy atom. The Hall–Kier alpha value is -2.16. The molecular formula is C21H22OSi. The van der Waals surface area contributed by atoms with Crippen molar-refractivity contribution in [2.75, 3.05) is 0 Å². The van der Waals surface area contributed by atoms with Crippen LogP contribution in [0.15, 0.2) is 91.0 Å². The highest BCUT2D eigenvalue weighted by atomic mass is 28.3. The summed E-state index contributed by atoms with van der Waals surface area (Å²) in [6, 6.07) is 32.9. The van der Waals surface area contributed by atoms with Gasteiger partial charge in [0.15, 0.2) is 8.07 Å². The average molecular weight is 318 g/mol. The molecule has 0 amide bonds. The molecule has 1 nitrogen and oxygen atoms in total. The lowest BCUT2D eigenvalue weighted by Crippen LogP contribution is -2.68. The zero-order chi connectivity index (χ0) is 16.1. The number of hydrogen-bond acceptors (Lipinski definition) is 1. The van der Waals surface area contributed by atoms with Crippen molar-refractivity contribution >= 4 is 23.6 Å². The summed E-state index contributed by atoms with van der Waals surface area (Å²) in [5, 5.41) is 14.3. The number of aliphatic hydroxyl groups excluding tert-OH is 1. The monoisotopic (exact) mass is 318 g/mol. The van der Waals surface area contributed by atoms with Crippen LogP contribution in [0.1, 0.15) is 6.92 Å². The van der Waals surface area contributed by atoms with Gasteiger partial charge in [-0.15, -0.1) is 0 Å². The van der Waals surface area contributed by atoms with E-state index < -0.39 is 8.07 Å². The van der Waals surface area contributed by atoms with E-state index in [-0.39, 0.29) is 6.10 Å². The van der Waals surface area contributed by atoms with Gasteiger partial charge >= 0.3 is 0 Å². The molecule has 0 bridgehead atoms. The highest BCUT2D eigenvalue weighted by molar-refractivity contribution is 7.11. The maximum absolute atomic E-state index is 10.3. The molecule has 0 heterocycles. The minimum absolute atomic E-state index is 0.345. The molecule has 0 radical (unpaired) electrons. The van der Waals surface area contributed by atoms with E-state index in [9.17, 15) is 5.11 Å². The molecule has 0 aliphatic heterocycles. The first-order chi connectivity index (χ1) is 11.2. The maximum Gasteiger partial charge on any atom is 0.150 e. The van der Waals surface area contributed by atoms with Crippen LogP contribution in [0.4, 0.5) is 0 Å². The second kappa shape index (κ2) is 6.94. The fourth-order valence-electron chi connectivity index (χ4n) is 3.46. The lowest BCUT2D eigenvalue weighted by Gasteiger charge is -2.34. The summed E-state index contributed by atoms with van der Waals surface area (Å²) in [6.45, 7) is 1.90. The first kappa shape index (κ1) is 15.7. The van der Waals surface area contributed by atoms with Crippen LogP contribution in [0.25, 0.3) is 0 Å². The second-order valence-electron chi connectivity index (χ2n) is 6.06. The summed E-state index contributed by atoms with van der Waals surface area (Å²) in [4.78, 5) is 0. The van der Waals surface area contributed by atoms with Crippen LogP contribution in [0, 0.1) is 0 Å². The topological polar surface area (TPSA) is 20.2 Å². The number of rotatable bonds is 5. The van der Waals surface area contributed by atoms with E-state index in [0.717, 1.165) is 6.04 Å². The van der Waals surface area contributed by atoms with Gasteiger partial charge in [-0.1, -0.05) is 91.0 Å². The predicted octanol–water partition coefficient (Wildman–Crippen LogP) is 2.54. The van der Waals surface area contributed by atoms with Crippen LogP contribution in [0.3, 0.4) is 0 Å². The molecule has 0 saturated heterocycles. The van der Waals surface area contributed by atoms with Gasteiger partial charge in [-0.3, -0.25) is 0 Å². The van der Waals surface area contributed by atoms with Crippen molar-refractivity contribution in [1.29, 1.82) is 0 Å². The van der Waals surface area contributed by atoms with E-state index in [1.54, 1.807) is 0 Å². The molecule has 23 heavy (non-hydrogen) atoms. The quantitative estimate of drug-likeness (QED) is 0.566. The first-order valence-electron chi connectivity index (χ1n) is 8.08. The molecule has 0 unspecified atom stereocenters. The van der Waals surface area contributed by atoms with E-state index in [1.165, 1.54) is 15.6 Å². The van der Waals surface area contributed by atoms with E-state index in [4.69, 9.17) is 0 Å². The van der Waals surface area contributed by atoms with Crippen LogP contribution in [-0.4, -0.2) is 19.3 Å². The summed E-state index contributed by atoms with van der Waals surface area (Å²) in [5.74, 6) is 0. The fraction of sp³-hybridized carbons (Fsp3) is 0.143. The number of aliphatic hydroxyl groups is 1. The molecule has 0 aromatic heterocycles. The van der Waals surface area contributed by atoms with Crippen molar-refractivity contribution < 1.29 is 5.11 Å². The molecule has 3 rings (SSSR count). The smallest absolute Gasteiger partial charge is 0.150 e. The third kappa shape index (κ3) is 3.14. The minimum Gasteiger partial charge on any atom is -0.394 e. The zero-order valence-electron chi connectivity index (χ0n) is 13.4. The summed E-state index contributed by atoms with van der Waals surface area (Å²) >= 11 is 0. The van der Waals surface area contributed by atoms with Crippen molar-refractivity contribution in [3.8, 4) is 0 Å². The summed E-state index contributed by atoms with van der Waals surface area (Å²) in [5.41, 5.74) is 0. The summed E-state index contributed by atoms with van der Waals surface area (Å²) in [6.07, 6.45) is -0.345. The molecule has 0 fully saturated rings. The van der Waals surface area contributed by atoms with Crippen molar-refractivity contribution in [3.05, 3.63) is 91.0 Å². The molecular weight excluding hydrogens is 296 g/mol. The van der Waals surface area contributed by atoms with Gasteiger partial charge in [0.05, 0.1) is 0 Å². The fourth-order valence-corrected chi connectivity index (χ4v) is 8.34. The Morgan fingerprint density at radius 2 is 0.957 bits per heavy atom. The number of benzene rings is 3. The molecule has 3 aromatic rings. The molecule has 2 heteroatoms. The van der Waals surface area contributed by atoms with Crippen molar-refractivity contribution in [1.82, 2.24) is 0 Å². The lowest BCUT2D eigenvalue weighted by molar-refractivity contribution is 0.214. The summed E-state index contributed by atoms with van der Waals surface area (Å²) in [7, 11) is -2.24. The standard InChI is InChI=1S/C21H22OSi/c1-18(22)17-23(19-11-5-2-6-12-19,20-13-7-3-8-14-20)21-15-9-4-10-16-21/h2-16,18,22H,17H2,1H3/t18-/m1/s1. The Bertz CT molecular complexity index is 627. The first-order valence-corrected chi connectivity index (χ1v) is 10.3. The van der Waals surface area contributed by atoms with Gasteiger partial charge in [0, 0.05) is 6.10 Å². The van der Waals surface area contributed by atoms with Gasteiger partial charge in [-0.25, -0.2) is 0 Å². The van der Waals surface area contributed by atoms with E-state index in [0.29, 0.717) is 0 Å². The van der Waals surface area contributed by atoms with Gasteiger partial charge in [-0.05, 0) is 28.5 Å². The third-order valence-electron chi connectivity index (χ3n) is 4.40. The molecule has 3 aromatic carbocycles. The van der Waals surface area contributed by atoms with Crippen LogP contribution in [-0.2, 0) is 0 Å². The van der Waals surface area contributed by atoms with Gasteiger partial charge in [0.1, 0.15) is 0 Å². The number of hydrogen-bond donors (Lipinski definition) is 1. The second-order valence-corrected chi connectivity index (χ2v) is 10.0. The predicted molar refractivity (Wildman–Crippen MR) is 100 cm³/mol. The normalized spacial score (nSPS) is 12.8. The van der Waals surface area contributed by atoms with Crippen LogP contribution in [0.5, 0.6) is 0 Å². The Labute approximate surface area is 139 Å². The van der Waals surface area contributed by atoms with Crippen molar-refractivity contribution in [2.24, 2.45) is 0 Å². The van der Waals surface area contributed by atoms with Gasteiger partial charge in [0.2, 0.25) is 0 Å². The van der Waals surface area contributed by atoms with Gasteiger partial charge < -0.3 is 5.11 Å². The van der Waals surface area contributed by atoms with Gasteiger partial charge in [0.25, 0.3) is 0 Å². The molecule has 0 saturated carbocycles. The van der Waals surface area contributed by atoms with Crippen LogP contribution in [0.2, 0.25) is 6.04 Å². The molecule has 0 aliphatic carbocycles. The Balaban J connectivity index is 2.30. The lowest BCUT2D eigenvalue weighted by atomic mass is 10.3. The highest BCUT2D eigenvalue weighted by Crippen LogP contribution is 2.15. The van der Waals surface area contributed by atoms with Gasteiger partial charge in [-0.2, -0.15) is 0 Å². The Morgan fingerprint density at radius 1 is 0.652 bits per heavy atom. The van der Waals surface area contributed by atoms with Crippen molar-refractivity contribution in [2.45, 2.75) is 19.1 Å². The molecule has 1 atom stereocenters. The van der Waals surface area contributed by atoms with Crippen molar-refractivity contribution in [3.63, 3.8) is 0 Å². The van der Waals surface area contributed by atoms with Crippen LogP contribution >= 0.6 is 0 Å². The third-order valence-corrected chi connectivity index (χ3v) is 9.56. The summed E-state index contributed by atoms with van der Waals surface area (Å²) < 4.78 is 0. The molecule has 0 spiro atoms. The van der Waals surface area contributed by atoms with E-state index in [2.05, 4.69) is 91.0 Å². The zero-order valence-corrected chi connectivity index (χ0v) is 14.4. The van der Waals surface area contributed by atoms with E-state index >= 15 is 0 Å². The molecule has 116 valence electrons. The SMILES string of the molecule is C[C@@H](O)C[Si](c1ccccc1)(c1ccccc1)c1ccccc1. The largest absolute Gasteiger partial charge is 0.394 e. The average Bonchev–Trinajstić information content (AvgIpc) is 2.62. The molecule has 0 aliphatic rings. The molecule has 1 N–H and O–H groups in total.